The normalized spacial score (nSPS) is 0. The molecule has 0 amide bonds. The quantitative estimate of drug-likeness (QED) is 0.358. The van der Waals surface area contributed by atoms with Crippen molar-refractivity contribution in [2.75, 3.05) is 0 Å². The molecule has 0 rings (SSSR count). The van der Waals surface area contributed by atoms with Gasteiger partial charge in [0.2, 0.25) is 0 Å². The molecule has 0 aliphatic rings. The van der Waals surface area contributed by atoms with E-state index in [2.05, 4.69) is 0 Å². The molecule has 0 bridgehead atoms. The van der Waals surface area contributed by atoms with Crippen LogP contribution in [0.3, 0.4) is 0 Å². The fourth-order valence-corrected chi connectivity index (χ4v) is 0. The maximum Gasteiger partial charge on any atom is 2.00 e. The van der Waals surface area contributed by atoms with Gasteiger partial charge in [-0.2, -0.15) is 0 Å². The molecule has 0 aliphatic heterocycles. The van der Waals surface area contributed by atoms with E-state index in [0.717, 1.165) is 0 Å². The van der Waals surface area contributed by atoms with Crippen LogP contribution in [0.25, 0.3) is 0 Å². The smallest absolute Gasteiger partial charge is 2.00 e. The van der Waals surface area contributed by atoms with Crippen LogP contribution in [-0.2, 0) is 44.4 Å². The van der Waals surface area contributed by atoms with Gasteiger partial charge in [-0.3, -0.25) is 0 Å². The van der Waals surface area contributed by atoms with Gasteiger partial charge in [0.15, 0.2) is 0 Å². The zero-order valence-corrected chi connectivity index (χ0v) is 9.39. The Morgan fingerprint density at radius 3 is 0.800 bits per heavy atom. The second-order valence-corrected chi connectivity index (χ2v) is 0. The Labute approximate surface area is 62.2 Å². The predicted octanol–water partition coefficient (Wildman–Crippen LogP) is -3.94. The van der Waals surface area contributed by atoms with Crippen LogP contribution in [0, 0.1) is 0 Å². The second-order valence-electron chi connectivity index (χ2n) is 0. The van der Waals surface area contributed by atoms with E-state index >= 15 is 0 Å². The molecule has 24 valence electrons. The fourth-order valence-electron chi connectivity index (χ4n) is 0. The summed E-state index contributed by atoms with van der Waals surface area (Å²) in [6.45, 7) is 0. The fraction of sp³-hybridized carbons (Fsp3) is 0. The zero-order valence-electron chi connectivity index (χ0n) is 2.70. The Morgan fingerprint density at radius 1 is 0.800 bits per heavy atom. The van der Waals surface area contributed by atoms with Crippen LogP contribution in [0.2, 0.25) is 0 Å². The molecule has 0 heterocycles. The number of hydrogen-bond donors (Lipinski definition) is 0. The Balaban J connectivity index is 0. The average Bonchev–Trinajstić information content (AvgIpc) is 0. The van der Waals surface area contributed by atoms with Crippen molar-refractivity contribution in [2.24, 2.45) is 0 Å². The maximum atomic E-state index is 0. The largest absolute Gasteiger partial charge is 2.00 e. The molecule has 2 nitrogen and oxygen atoms in total. The van der Waals surface area contributed by atoms with Crippen molar-refractivity contribution in [1.29, 1.82) is 0 Å². The Morgan fingerprint density at radius 2 is 0.800 bits per heavy atom. The molecule has 0 aromatic rings. The van der Waals surface area contributed by atoms with Gasteiger partial charge >= 0.3 is 39.0 Å². The standard InChI is InChI=1S/ClH.H2O.O.2Zn/h1H;1H2;;;/q;;-2;2*+2/p-1. The van der Waals surface area contributed by atoms with Crippen molar-refractivity contribution in [3.05, 3.63) is 0 Å². The van der Waals surface area contributed by atoms with Crippen LogP contribution in [0.1, 0.15) is 0 Å². The first kappa shape index (κ1) is 90.6. The number of halogens is 1. The van der Waals surface area contributed by atoms with Crippen LogP contribution >= 0.6 is 0 Å². The molecule has 0 aromatic carbocycles. The summed E-state index contributed by atoms with van der Waals surface area (Å²) in [4.78, 5) is 0. The summed E-state index contributed by atoms with van der Waals surface area (Å²) < 4.78 is 0. The van der Waals surface area contributed by atoms with E-state index in [9.17, 15) is 0 Å². The molecule has 0 saturated carbocycles. The minimum absolute atomic E-state index is 0. The maximum absolute atomic E-state index is 0. The molecule has 0 spiro atoms. The second kappa shape index (κ2) is 51.1. The number of rotatable bonds is 0. The van der Waals surface area contributed by atoms with Crippen molar-refractivity contribution in [3.63, 3.8) is 0 Å². The van der Waals surface area contributed by atoms with E-state index in [-0.39, 0.29) is 62.3 Å². The monoisotopic (exact) mass is 197 g/mol. The first-order valence-corrected chi connectivity index (χ1v) is 0. The molecule has 5 heteroatoms. The summed E-state index contributed by atoms with van der Waals surface area (Å²) in [6, 6.07) is 0. The molecule has 0 atom stereocenters. The molecule has 0 aromatic heterocycles. The summed E-state index contributed by atoms with van der Waals surface area (Å²) >= 11 is 0. The van der Waals surface area contributed by atoms with Crippen LogP contribution in [0.5, 0.6) is 0 Å². The van der Waals surface area contributed by atoms with Crippen LogP contribution in [0.15, 0.2) is 0 Å². The molecule has 2 N–H and O–H groups in total. The van der Waals surface area contributed by atoms with E-state index < -0.39 is 0 Å². The first-order valence-electron chi connectivity index (χ1n) is 0. The van der Waals surface area contributed by atoms with E-state index in [1.54, 1.807) is 0 Å². The molecule has 0 radical (unpaired) electrons. The van der Waals surface area contributed by atoms with Gasteiger partial charge in [0.05, 0.1) is 0 Å². The van der Waals surface area contributed by atoms with Gasteiger partial charge in [0.25, 0.3) is 0 Å². The van der Waals surface area contributed by atoms with Gasteiger partial charge < -0.3 is 23.4 Å². The summed E-state index contributed by atoms with van der Waals surface area (Å²) in [7, 11) is 0. The average molecular weight is 200 g/mol. The van der Waals surface area contributed by atoms with Crippen LogP contribution < -0.4 is 12.4 Å². The predicted molar refractivity (Wildman–Crippen MR) is 4.30 cm³/mol. The number of hydrogen-bond acceptors (Lipinski definition) is 0. The van der Waals surface area contributed by atoms with Crippen LogP contribution in [0.4, 0.5) is 0 Å². The van der Waals surface area contributed by atoms with Gasteiger partial charge in [-0.15, -0.1) is 0 Å². The molecule has 0 saturated heterocycles. The van der Waals surface area contributed by atoms with Crippen LogP contribution in [-0.4, -0.2) is 5.48 Å². The summed E-state index contributed by atoms with van der Waals surface area (Å²) in [5.74, 6) is 0. The minimum Gasteiger partial charge on any atom is -2.00 e. The summed E-state index contributed by atoms with van der Waals surface area (Å²) in [6.07, 6.45) is 0. The SMILES string of the molecule is O.[Cl-].[O-2].[Zn+2].[Zn+2]. The van der Waals surface area contributed by atoms with E-state index in [0.29, 0.717) is 0 Å². The summed E-state index contributed by atoms with van der Waals surface area (Å²) in [5.41, 5.74) is 0. The summed E-state index contributed by atoms with van der Waals surface area (Å²) in [5, 5.41) is 0. The van der Waals surface area contributed by atoms with E-state index in [4.69, 9.17) is 0 Å². The zero-order chi connectivity index (χ0) is 0. The van der Waals surface area contributed by atoms with Gasteiger partial charge in [-0.25, -0.2) is 0 Å². The third-order valence-corrected chi connectivity index (χ3v) is 0. The van der Waals surface area contributed by atoms with Crippen molar-refractivity contribution >= 4 is 0 Å². The third-order valence-electron chi connectivity index (χ3n) is 0. The Hall–Kier alpha value is 1.46. The van der Waals surface area contributed by atoms with Gasteiger partial charge in [-0.05, 0) is 0 Å². The van der Waals surface area contributed by atoms with E-state index in [1.165, 1.54) is 0 Å². The van der Waals surface area contributed by atoms with Crippen molar-refractivity contribution in [2.45, 2.75) is 0 Å². The Kier molecular flexibility index (Phi) is 925. The topological polar surface area (TPSA) is 60.0 Å². The first-order chi connectivity index (χ1) is 0. The molecular formula is H2ClO2Zn2+. The molecule has 0 unspecified atom stereocenters. The Bertz CT molecular complexity index is 7.61. The molecule has 5 heavy (non-hydrogen) atoms. The van der Waals surface area contributed by atoms with E-state index in [1.807, 2.05) is 0 Å². The minimum atomic E-state index is 0. The molecule has 0 aliphatic carbocycles. The van der Waals surface area contributed by atoms with Crippen molar-refractivity contribution in [3.8, 4) is 0 Å². The van der Waals surface area contributed by atoms with Gasteiger partial charge in [-0.1, -0.05) is 0 Å². The molecular weight excluding hydrogens is 198 g/mol. The third kappa shape index (κ3) is 30.7. The van der Waals surface area contributed by atoms with Gasteiger partial charge in [0, 0.05) is 0 Å². The van der Waals surface area contributed by atoms with Gasteiger partial charge in [0.1, 0.15) is 0 Å². The van der Waals surface area contributed by atoms with Crippen molar-refractivity contribution < 1.29 is 62.3 Å². The molecule has 0 fully saturated rings. The van der Waals surface area contributed by atoms with Crippen molar-refractivity contribution in [1.82, 2.24) is 0 Å².